The summed E-state index contributed by atoms with van der Waals surface area (Å²) in [5, 5.41) is 4.52. The number of hydrogen-bond donors (Lipinski definition) is 0. The highest BCUT2D eigenvalue weighted by Gasteiger charge is 2.23. The molecule has 10 rings (SSSR count). The molecule has 0 aliphatic carbocycles. The molecule has 49 heavy (non-hydrogen) atoms. The highest BCUT2D eigenvalue weighted by Crippen LogP contribution is 2.47. The smallest absolute Gasteiger partial charge is 0.143 e. The van der Waals surface area contributed by atoms with E-state index in [1.807, 2.05) is 60.7 Å². The Balaban J connectivity index is 1.35. The summed E-state index contributed by atoms with van der Waals surface area (Å²) >= 11 is 0. The fourth-order valence-electron chi connectivity index (χ4n) is 6.90. The van der Waals surface area contributed by atoms with Crippen molar-refractivity contribution >= 4 is 71.7 Å². The van der Waals surface area contributed by atoms with Crippen LogP contribution in [0, 0.1) is 0 Å². The number of hydrogen-bond acceptors (Lipinski definition) is 3. The van der Waals surface area contributed by atoms with Crippen molar-refractivity contribution in [2.45, 2.75) is 0 Å². The fourth-order valence-corrected chi connectivity index (χ4v) is 6.90. The van der Waals surface area contributed by atoms with E-state index in [4.69, 9.17) is 11.6 Å². The minimum Gasteiger partial charge on any atom is -0.456 e. The molecule has 0 N–H and O–H groups in total. The van der Waals surface area contributed by atoms with Gasteiger partial charge in [-0.1, -0.05) is 127 Å². The Hall–Kier alpha value is -6.58. The predicted octanol–water partition coefficient (Wildman–Crippen LogP) is 13.4. The molecule has 0 fully saturated rings. The van der Waals surface area contributed by atoms with E-state index < -0.39 is 30.2 Å². The molecule has 0 aliphatic heterocycles. The van der Waals surface area contributed by atoms with Crippen molar-refractivity contribution in [2.75, 3.05) is 4.90 Å². The van der Waals surface area contributed by atoms with E-state index in [0.717, 1.165) is 16.2 Å². The fraction of sp³-hybridized carbons (Fsp3) is 0. The van der Waals surface area contributed by atoms with E-state index in [1.54, 1.807) is 66.7 Å². The first-order chi connectivity index (χ1) is 27.7. The van der Waals surface area contributed by atoms with Crippen LogP contribution in [0.3, 0.4) is 0 Å². The van der Waals surface area contributed by atoms with Crippen LogP contribution in [0.25, 0.3) is 76.9 Å². The van der Waals surface area contributed by atoms with Crippen molar-refractivity contribution in [3.8, 4) is 22.3 Å². The van der Waals surface area contributed by atoms with Gasteiger partial charge in [0.2, 0.25) is 0 Å². The molecule has 0 radical (unpaired) electrons. The molecule has 0 spiro atoms. The summed E-state index contributed by atoms with van der Waals surface area (Å²) in [5.41, 5.74) is 3.50. The van der Waals surface area contributed by atoms with Crippen LogP contribution in [0.1, 0.15) is 11.0 Å². The molecule has 8 aromatic carbocycles. The van der Waals surface area contributed by atoms with Gasteiger partial charge in [0.15, 0.2) is 0 Å². The van der Waals surface area contributed by atoms with E-state index in [9.17, 15) is 8.22 Å². The molecule has 10 aromatic rings. The number of benzene rings is 8. The summed E-state index contributed by atoms with van der Waals surface area (Å²) in [7, 11) is 0. The third-order valence-corrected chi connectivity index (χ3v) is 9.07. The summed E-state index contributed by atoms with van der Waals surface area (Å²) in [6, 6.07) is 35.5. The molecule has 3 nitrogen and oxygen atoms in total. The SMILES string of the molecule is [2H]c1c([2H])c([2H])c(N(c2c([2H])c([2H])c(-c3cccc4oc5ccccc5c34)c([2H])c2[2H])c2cccc3oc4c5ccccc5ccc4c23)c(-c2ccccc2)c1[2H]. The highest BCUT2D eigenvalue weighted by molar-refractivity contribution is 6.20. The molecule has 0 aliphatic rings. The van der Waals surface area contributed by atoms with Gasteiger partial charge in [-0.25, -0.2) is 0 Å². The largest absolute Gasteiger partial charge is 0.456 e. The van der Waals surface area contributed by atoms with Gasteiger partial charge in [0.05, 0.1) is 27.7 Å². The Morgan fingerprint density at radius 3 is 2.02 bits per heavy atom. The molecule has 2 aromatic heterocycles. The van der Waals surface area contributed by atoms with Crippen LogP contribution < -0.4 is 4.90 Å². The molecule has 2 heterocycles. The summed E-state index contributed by atoms with van der Waals surface area (Å²) in [6.07, 6.45) is 0. The van der Waals surface area contributed by atoms with Gasteiger partial charge in [0.25, 0.3) is 0 Å². The Morgan fingerprint density at radius 2 is 1.14 bits per heavy atom. The van der Waals surface area contributed by atoms with Gasteiger partial charge in [0, 0.05) is 32.8 Å². The molecule has 0 saturated carbocycles. The monoisotopic (exact) mass is 635 g/mol. The number of furan rings is 2. The lowest BCUT2D eigenvalue weighted by Crippen LogP contribution is -2.11. The van der Waals surface area contributed by atoms with E-state index in [2.05, 4.69) is 0 Å². The lowest BCUT2D eigenvalue weighted by atomic mass is 9.98. The van der Waals surface area contributed by atoms with Gasteiger partial charge in [-0.05, 0) is 70.5 Å². The van der Waals surface area contributed by atoms with Crippen molar-refractivity contribution in [3.05, 3.63) is 176 Å². The molecule has 0 atom stereocenters. The Kier molecular flexibility index (Phi) is 4.63. The number of nitrogens with zero attached hydrogens (tertiary/aromatic N) is 1. The van der Waals surface area contributed by atoms with Gasteiger partial charge in [-0.2, -0.15) is 0 Å². The second-order valence-electron chi connectivity index (χ2n) is 11.8. The van der Waals surface area contributed by atoms with Crippen LogP contribution in [0.2, 0.25) is 0 Å². The first-order valence-corrected chi connectivity index (χ1v) is 16.0. The second-order valence-corrected chi connectivity index (χ2v) is 11.8. The standard InChI is InChI=1S/C46H29NO2/c1-2-12-30(13-3-1)34-15-6-8-19-39(34)47(40-20-11-23-43-45(40)38-29-26-31-14-4-5-16-36(31)46(38)49-43)33-27-24-32(25-28-33)35-18-10-22-42-44(35)37-17-7-9-21-41(37)48-42/h1-29H/i6D,8D,15D,19D,24D,25D,27D,28D. The molecule has 0 amide bonds. The van der Waals surface area contributed by atoms with Crippen LogP contribution in [-0.4, -0.2) is 0 Å². The topological polar surface area (TPSA) is 29.5 Å². The van der Waals surface area contributed by atoms with E-state index in [0.29, 0.717) is 55.3 Å². The van der Waals surface area contributed by atoms with Crippen molar-refractivity contribution in [2.24, 2.45) is 0 Å². The average molecular weight is 636 g/mol. The van der Waals surface area contributed by atoms with Crippen LogP contribution in [0.15, 0.2) is 185 Å². The second kappa shape index (κ2) is 11.0. The Labute approximate surface area is 294 Å². The zero-order valence-electron chi connectivity index (χ0n) is 33.9. The normalized spacial score (nSPS) is 14.0. The number of para-hydroxylation sites is 2. The number of fused-ring (bicyclic) bond motifs is 8. The molecular formula is C46H29NO2. The van der Waals surface area contributed by atoms with Crippen LogP contribution >= 0.6 is 0 Å². The minimum absolute atomic E-state index is 0.0358. The Morgan fingerprint density at radius 1 is 0.429 bits per heavy atom. The maximum absolute atomic E-state index is 9.75. The van der Waals surface area contributed by atoms with E-state index in [1.165, 1.54) is 4.90 Å². The van der Waals surface area contributed by atoms with Crippen molar-refractivity contribution in [1.29, 1.82) is 0 Å². The van der Waals surface area contributed by atoms with E-state index >= 15 is 0 Å². The molecule has 0 saturated heterocycles. The first kappa shape index (κ1) is 20.6. The third-order valence-electron chi connectivity index (χ3n) is 9.07. The number of anilines is 3. The summed E-state index contributed by atoms with van der Waals surface area (Å²) in [4.78, 5) is 1.46. The lowest BCUT2D eigenvalue weighted by molar-refractivity contribution is 0.669. The van der Waals surface area contributed by atoms with Gasteiger partial charge in [0.1, 0.15) is 22.3 Å². The zero-order valence-corrected chi connectivity index (χ0v) is 25.9. The number of rotatable bonds is 5. The summed E-state index contributed by atoms with van der Waals surface area (Å²) in [6.45, 7) is 0. The van der Waals surface area contributed by atoms with Crippen molar-refractivity contribution in [1.82, 2.24) is 0 Å². The zero-order chi connectivity index (χ0) is 39.3. The van der Waals surface area contributed by atoms with Crippen LogP contribution in [-0.2, 0) is 0 Å². The predicted molar refractivity (Wildman–Crippen MR) is 204 cm³/mol. The lowest BCUT2D eigenvalue weighted by Gasteiger charge is -2.28. The molecule has 0 unspecified atom stereocenters. The maximum Gasteiger partial charge on any atom is 0.143 e. The minimum atomic E-state index is -0.514. The van der Waals surface area contributed by atoms with Gasteiger partial charge in [-0.3, -0.25) is 0 Å². The van der Waals surface area contributed by atoms with Crippen molar-refractivity contribution in [3.63, 3.8) is 0 Å². The molecule has 3 heteroatoms. The third kappa shape index (κ3) is 4.37. The maximum atomic E-state index is 9.75. The van der Waals surface area contributed by atoms with Gasteiger partial charge >= 0.3 is 0 Å². The highest BCUT2D eigenvalue weighted by atomic mass is 16.3. The Bertz CT molecular complexity index is 3270. The molecular weight excluding hydrogens is 599 g/mol. The molecule has 230 valence electrons. The first-order valence-electron chi connectivity index (χ1n) is 20.0. The van der Waals surface area contributed by atoms with Crippen LogP contribution in [0.4, 0.5) is 17.1 Å². The van der Waals surface area contributed by atoms with E-state index in [-0.39, 0.29) is 40.6 Å². The summed E-state index contributed by atoms with van der Waals surface area (Å²) in [5.74, 6) is 0. The quantitative estimate of drug-likeness (QED) is 0.188. The average Bonchev–Trinajstić information content (AvgIpc) is 3.82. The van der Waals surface area contributed by atoms with Gasteiger partial charge in [-0.15, -0.1) is 0 Å². The van der Waals surface area contributed by atoms with Crippen molar-refractivity contribution < 1.29 is 19.8 Å². The van der Waals surface area contributed by atoms with Crippen LogP contribution in [0.5, 0.6) is 0 Å². The van der Waals surface area contributed by atoms with Gasteiger partial charge < -0.3 is 13.7 Å². The summed E-state index contributed by atoms with van der Waals surface area (Å²) < 4.78 is 87.7. The molecule has 0 bridgehead atoms.